The smallest absolute Gasteiger partial charge is 0.0981 e. The van der Waals surface area contributed by atoms with Gasteiger partial charge in [-0.2, -0.15) is 5.10 Å². The predicted molar refractivity (Wildman–Crippen MR) is 78.6 cm³/mol. The molecule has 6 heteroatoms. The third-order valence-electron chi connectivity index (χ3n) is 3.04. The van der Waals surface area contributed by atoms with Gasteiger partial charge in [0.2, 0.25) is 0 Å². The molecule has 18 heavy (non-hydrogen) atoms. The Morgan fingerprint density at radius 2 is 2.28 bits per heavy atom. The monoisotopic (exact) mass is 328 g/mol. The van der Waals surface area contributed by atoms with Gasteiger partial charge in [0, 0.05) is 16.3 Å². The number of hydrogen-bond acceptors (Lipinski definition) is 4. The highest BCUT2D eigenvalue weighted by molar-refractivity contribution is 9.10. The van der Waals surface area contributed by atoms with Crippen molar-refractivity contribution in [3.63, 3.8) is 0 Å². The standard InChI is InChI=1S/C12H17BrN4S/c1-4-17-12(9(13)6-15-17)11(16-14)10-5-7(2)8(3)18-10/h5-6,11,16H,4,14H2,1-3H3. The third kappa shape index (κ3) is 2.38. The van der Waals surface area contributed by atoms with E-state index in [-0.39, 0.29) is 6.04 Å². The number of aryl methyl sites for hydroxylation is 3. The summed E-state index contributed by atoms with van der Waals surface area (Å²) in [6.07, 6.45) is 1.82. The number of rotatable bonds is 4. The first-order valence-corrected chi connectivity index (χ1v) is 7.43. The summed E-state index contributed by atoms with van der Waals surface area (Å²) in [5.74, 6) is 5.74. The molecular weight excluding hydrogens is 312 g/mol. The van der Waals surface area contributed by atoms with Crippen LogP contribution in [0, 0.1) is 13.8 Å². The SMILES string of the molecule is CCn1ncc(Br)c1C(NN)c1cc(C)c(C)s1. The van der Waals surface area contributed by atoms with E-state index >= 15 is 0 Å². The molecule has 0 aliphatic carbocycles. The van der Waals surface area contributed by atoms with Crippen LogP contribution in [0.4, 0.5) is 0 Å². The molecule has 1 unspecified atom stereocenters. The van der Waals surface area contributed by atoms with Crippen LogP contribution in [0.5, 0.6) is 0 Å². The Kier molecular flexibility index (Phi) is 4.21. The molecule has 0 aromatic carbocycles. The highest BCUT2D eigenvalue weighted by atomic mass is 79.9. The van der Waals surface area contributed by atoms with Crippen molar-refractivity contribution in [2.75, 3.05) is 0 Å². The Morgan fingerprint density at radius 3 is 2.78 bits per heavy atom. The summed E-state index contributed by atoms with van der Waals surface area (Å²) < 4.78 is 2.94. The number of aromatic nitrogens is 2. The summed E-state index contributed by atoms with van der Waals surface area (Å²) in [5.41, 5.74) is 5.27. The van der Waals surface area contributed by atoms with Gasteiger partial charge in [0.1, 0.15) is 0 Å². The predicted octanol–water partition coefficient (Wildman–Crippen LogP) is 2.90. The molecule has 2 rings (SSSR count). The van der Waals surface area contributed by atoms with Crippen molar-refractivity contribution >= 4 is 27.3 Å². The fourth-order valence-electron chi connectivity index (χ4n) is 1.95. The molecule has 3 N–H and O–H groups in total. The molecule has 98 valence electrons. The van der Waals surface area contributed by atoms with Gasteiger partial charge in [0.25, 0.3) is 0 Å². The maximum atomic E-state index is 5.74. The summed E-state index contributed by atoms with van der Waals surface area (Å²) in [6, 6.07) is 2.16. The number of nitrogens with one attached hydrogen (secondary N) is 1. The van der Waals surface area contributed by atoms with E-state index in [1.807, 2.05) is 10.9 Å². The second kappa shape index (κ2) is 5.52. The van der Waals surface area contributed by atoms with E-state index in [9.17, 15) is 0 Å². The van der Waals surface area contributed by atoms with Crippen molar-refractivity contribution in [3.8, 4) is 0 Å². The summed E-state index contributed by atoms with van der Waals surface area (Å²) >= 11 is 5.32. The number of nitrogens with two attached hydrogens (primary N) is 1. The van der Waals surface area contributed by atoms with Crippen LogP contribution in [-0.4, -0.2) is 9.78 Å². The minimum Gasteiger partial charge on any atom is -0.270 e. The second-order valence-electron chi connectivity index (χ2n) is 4.18. The largest absolute Gasteiger partial charge is 0.270 e. The Morgan fingerprint density at radius 1 is 1.56 bits per heavy atom. The molecule has 0 aliphatic rings. The first-order chi connectivity index (χ1) is 8.58. The van der Waals surface area contributed by atoms with E-state index < -0.39 is 0 Å². The second-order valence-corrected chi connectivity index (χ2v) is 6.32. The quantitative estimate of drug-likeness (QED) is 0.670. The molecule has 0 amide bonds. The van der Waals surface area contributed by atoms with E-state index in [0.717, 1.165) is 16.7 Å². The summed E-state index contributed by atoms with van der Waals surface area (Å²) in [7, 11) is 0. The maximum absolute atomic E-state index is 5.74. The molecule has 4 nitrogen and oxygen atoms in total. The van der Waals surface area contributed by atoms with Crippen LogP contribution in [-0.2, 0) is 6.54 Å². The Balaban J connectivity index is 2.47. The van der Waals surface area contributed by atoms with E-state index in [2.05, 4.69) is 53.3 Å². The average molecular weight is 329 g/mol. The average Bonchev–Trinajstić information content (AvgIpc) is 2.86. The Hall–Kier alpha value is -0.690. The lowest BCUT2D eigenvalue weighted by Crippen LogP contribution is -2.30. The fourth-order valence-corrected chi connectivity index (χ4v) is 3.58. The molecule has 0 saturated heterocycles. The fraction of sp³-hybridized carbons (Fsp3) is 0.417. The van der Waals surface area contributed by atoms with Gasteiger partial charge in [-0.25, -0.2) is 5.43 Å². The van der Waals surface area contributed by atoms with Crippen molar-refractivity contribution in [3.05, 3.63) is 37.7 Å². The van der Waals surface area contributed by atoms with Gasteiger partial charge in [-0.05, 0) is 48.3 Å². The molecule has 0 fully saturated rings. The Labute approximate surface area is 119 Å². The molecule has 0 bridgehead atoms. The zero-order valence-corrected chi connectivity index (χ0v) is 13.1. The van der Waals surface area contributed by atoms with Gasteiger partial charge in [0.05, 0.1) is 22.4 Å². The van der Waals surface area contributed by atoms with Crippen LogP contribution < -0.4 is 11.3 Å². The Bertz CT molecular complexity index is 527. The van der Waals surface area contributed by atoms with Crippen molar-refractivity contribution < 1.29 is 0 Å². The molecule has 0 aliphatic heterocycles. The van der Waals surface area contributed by atoms with E-state index in [1.165, 1.54) is 15.3 Å². The molecule has 0 saturated carbocycles. The van der Waals surface area contributed by atoms with Crippen molar-refractivity contribution in [1.29, 1.82) is 0 Å². The molecule has 2 aromatic heterocycles. The minimum absolute atomic E-state index is 0.0285. The first-order valence-electron chi connectivity index (χ1n) is 5.82. The van der Waals surface area contributed by atoms with Crippen LogP contribution in [0.15, 0.2) is 16.7 Å². The van der Waals surface area contributed by atoms with Crippen LogP contribution >= 0.6 is 27.3 Å². The minimum atomic E-state index is -0.0285. The summed E-state index contributed by atoms with van der Waals surface area (Å²) in [6.45, 7) is 7.14. The summed E-state index contributed by atoms with van der Waals surface area (Å²) in [5, 5.41) is 4.34. The highest BCUT2D eigenvalue weighted by Crippen LogP contribution is 2.33. The lowest BCUT2D eigenvalue weighted by molar-refractivity contribution is 0.546. The zero-order chi connectivity index (χ0) is 13.3. The highest BCUT2D eigenvalue weighted by Gasteiger charge is 2.22. The van der Waals surface area contributed by atoms with Crippen LogP contribution in [0.25, 0.3) is 0 Å². The van der Waals surface area contributed by atoms with Crippen molar-refractivity contribution in [2.24, 2.45) is 5.84 Å². The number of hydrazine groups is 1. The van der Waals surface area contributed by atoms with Crippen LogP contribution in [0.2, 0.25) is 0 Å². The van der Waals surface area contributed by atoms with Gasteiger partial charge in [-0.1, -0.05) is 0 Å². The molecule has 1 atom stereocenters. The first kappa shape index (κ1) is 13.7. The molecule has 2 heterocycles. The molecular formula is C12H17BrN4S. The number of thiophene rings is 1. The van der Waals surface area contributed by atoms with Gasteiger partial charge in [-0.3, -0.25) is 10.5 Å². The van der Waals surface area contributed by atoms with Crippen LogP contribution in [0.1, 0.15) is 34.0 Å². The zero-order valence-electron chi connectivity index (χ0n) is 10.7. The van der Waals surface area contributed by atoms with Crippen molar-refractivity contribution in [2.45, 2.75) is 33.4 Å². The van der Waals surface area contributed by atoms with E-state index in [0.29, 0.717) is 0 Å². The molecule has 0 radical (unpaired) electrons. The van der Waals surface area contributed by atoms with Gasteiger partial charge in [0.15, 0.2) is 0 Å². The normalized spacial score (nSPS) is 12.9. The van der Waals surface area contributed by atoms with Crippen LogP contribution in [0.3, 0.4) is 0 Å². The third-order valence-corrected chi connectivity index (χ3v) is 4.87. The lowest BCUT2D eigenvalue weighted by Gasteiger charge is -2.16. The number of nitrogens with zero attached hydrogens (tertiary/aromatic N) is 2. The number of hydrogen-bond donors (Lipinski definition) is 2. The van der Waals surface area contributed by atoms with Crippen molar-refractivity contribution in [1.82, 2.24) is 15.2 Å². The lowest BCUT2D eigenvalue weighted by atomic mass is 10.1. The van der Waals surface area contributed by atoms with E-state index in [4.69, 9.17) is 5.84 Å². The molecule has 2 aromatic rings. The number of halogens is 1. The van der Waals surface area contributed by atoms with Gasteiger partial charge < -0.3 is 0 Å². The van der Waals surface area contributed by atoms with E-state index in [1.54, 1.807) is 11.3 Å². The topological polar surface area (TPSA) is 55.9 Å². The van der Waals surface area contributed by atoms with Gasteiger partial charge >= 0.3 is 0 Å². The van der Waals surface area contributed by atoms with Gasteiger partial charge in [-0.15, -0.1) is 11.3 Å². The molecule has 0 spiro atoms. The maximum Gasteiger partial charge on any atom is 0.0981 e. The summed E-state index contributed by atoms with van der Waals surface area (Å²) in [4.78, 5) is 2.53.